The number of carboxylic acid groups (broad SMARTS) is 1. The molecule has 0 aromatic carbocycles. The molecule has 3 rings (SSSR count). The summed E-state index contributed by atoms with van der Waals surface area (Å²) >= 11 is 0. The standard InChI is InChI=1S/C14H16N4O4S/c19-14(20)4-3-11-8-12-10-17(6-7-18(12)16-11)23(21,22)13-2-1-5-15-9-13/h1-2,5,8-9H,3-4,6-7,10H2,(H,19,20). The number of pyridine rings is 1. The molecular formula is C14H16N4O4S. The minimum Gasteiger partial charge on any atom is -0.481 e. The zero-order valence-corrected chi connectivity index (χ0v) is 13.1. The zero-order chi connectivity index (χ0) is 16.4. The first kappa shape index (κ1) is 15.6. The van der Waals surface area contributed by atoms with Crippen molar-refractivity contribution in [2.24, 2.45) is 0 Å². The molecule has 9 heteroatoms. The fourth-order valence-electron chi connectivity index (χ4n) is 2.51. The Morgan fingerprint density at radius 3 is 2.87 bits per heavy atom. The van der Waals surface area contributed by atoms with E-state index in [0.29, 0.717) is 25.2 Å². The van der Waals surface area contributed by atoms with Crippen LogP contribution in [0.3, 0.4) is 0 Å². The highest BCUT2D eigenvalue weighted by atomic mass is 32.2. The molecule has 0 fully saturated rings. The van der Waals surface area contributed by atoms with Gasteiger partial charge in [0, 0.05) is 25.4 Å². The van der Waals surface area contributed by atoms with E-state index in [1.54, 1.807) is 16.8 Å². The Labute approximate surface area is 133 Å². The maximum absolute atomic E-state index is 12.6. The van der Waals surface area contributed by atoms with Gasteiger partial charge in [0.25, 0.3) is 0 Å². The van der Waals surface area contributed by atoms with Gasteiger partial charge >= 0.3 is 5.97 Å². The largest absolute Gasteiger partial charge is 0.481 e. The molecule has 1 aliphatic rings. The van der Waals surface area contributed by atoms with Crippen molar-refractivity contribution in [1.29, 1.82) is 0 Å². The van der Waals surface area contributed by atoms with E-state index in [1.165, 1.54) is 22.8 Å². The van der Waals surface area contributed by atoms with Gasteiger partial charge in [0.2, 0.25) is 10.0 Å². The SMILES string of the molecule is O=C(O)CCc1cc2n(n1)CCN(S(=O)(=O)c1cccnc1)C2. The van der Waals surface area contributed by atoms with Crippen LogP contribution in [0, 0.1) is 0 Å². The number of carboxylic acids is 1. The van der Waals surface area contributed by atoms with E-state index >= 15 is 0 Å². The smallest absolute Gasteiger partial charge is 0.303 e. The lowest BCUT2D eigenvalue weighted by Gasteiger charge is -2.26. The van der Waals surface area contributed by atoms with E-state index in [1.807, 2.05) is 0 Å². The van der Waals surface area contributed by atoms with Gasteiger partial charge in [-0.1, -0.05) is 0 Å². The number of nitrogens with zero attached hydrogens (tertiary/aromatic N) is 4. The molecule has 0 atom stereocenters. The third-order valence-corrected chi connectivity index (χ3v) is 5.51. The molecule has 0 amide bonds. The van der Waals surface area contributed by atoms with Gasteiger partial charge in [-0.15, -0.1) is 0 Å². The van der Waals surface area contributed by atoms with Gasteiger partial charge in [-0.3, -0.25) is 14.5 Å². The number of aliphatic carboxylic acids is 1. The Hall–Kier alpha value is -2.26. The number of aryl methyl sites for hydroxylation is 1. The number of aromatic nitrogens is 3. The summed E-state index contributed by atoms with van der Waals surface area (Å²) in [5.74, 6) is -0.878. The van der Waals surface area contributed by atoms with E-state index in [0.717, 1.165) is 5.69 Å². The van der Waals surface area contributed by atoms with Gasteiger partial charge in [-0.25, -0.2) is 8.42 Å². The summed E-state index contributed by atoms with van der Waals surface area (Å²) in [4.78, 5) is 14.7. The van der Waals surface area contributed by atoms with Crippen LogP contribution in [0.1, 0.15) is 17.8 Å². The second kappa shape index (κ2) is 6.09. The predicted octanol–water partition coefficient (Wildman–Crippen LogP) is 0.500. The average molecular weight is 336 g/mol. The van der Waals surface area contributed by atoms with Crippen LogP contribution < -0.4 is 0 Å². The third-order valence-electron chi connectivity index (χ3n) is 3.68. The highest BCUT2D eigenvalue weighted by Gasteiger charge is 2.29. The van der Waals surface area contributed by atoms with Gasteiger partial charge in [-0.05, 0) is 18.2 Å². The zero-order valence-electron chi connectivity index (χ0n) is 12.3. The normalized spacial score (nSPS) is 15.3. The van der Waals surface area contributed by atoms with Crippen LogP contribution in [0.2, 0.25) is 0 Å². The lowest BCUT2D eigenvalue weighted by atomic mass is 10.2. The molecule has 1 N–H and O–H groups in total. The molecule has 0 bridgehead atoms. The first-order chi connectivity index (χ1) is 11.0. The molecule has 0 saturated carbocycles. The Bertz CT molecular complexity index is 817. The predicted molar refractivity (Wildman–Crippen MR) is 80.0 cm³/mol. The fraction of sp³-hybridized carbons (Fsp3) is 0.357. The second-order valence-electron chi connectivity index (χ2n) is 5.27. The fourth-order valence-corrected chi connectivity index (χ4v) is 3.88. The molecule has 2 aromatic heterocycles. The number of hydrogen-bond donors (Lipinski definition) is 1. The summed E-state index contributed by atoms with van der Waals surface area (Å²) in [5, 5.41) is 13.1. The highest BCUT2D eigenvalue weighted by molar-refractivity contribution is 7.89. The van der Waals surface area contributed by atoms with Crippen molar-refractivity contribution in [2.45, 2.75) is 30.8 Å². The Morgan fingerprint density at radius 1 is 1.35 bits per heavy atom. The average Bonchev–Trinajstić information content (AvgIpc) is 2.95. The van der Waals surface area contributed by atoms with Crippen LogP contribution in [-0.4, -0.2) is 45.1 Å². The lowest BCUT2D eigenvalue weighted by molar-refractivity contribution is -0.136. The molecule has 122 valence electrons. The van der Waals surface area contributed by atoms with Crippen molar-refractivity contribution in [1.82, 2.24) is 19.1 Å². The molecule has 1 aliphatic heterocycles. The van der Waals surface area contributed by atoms with Gasteiger partial charge in [-0.2, -0.15) is 9.40 Å². The first-order valence-corrected chi connectivity index (χ1v) is 8.58. The maximum atomic E-state index is 12.6. The Morgan fingerprint density at radius 2 is 2.17 bits per heavy atom. The van der Waals surface area contributed by atoms with Gasteiger partial charge in [0.1, 0.15) is 4.90 Å². The summed E-state index contributed by atoms with van der Waals surface area (Å²) in [5.41, 5.74) is 1.44. The molecule has 0 radical (unpaired) electrons. The molecule has 3 heterocycles. The monoisotopic (exact) mass is 336 g/mol. The summed E-state index contributed by atoms with van der Waals surface area (Å²) in [6.07, 6.45) is 3.21. The van der Waals surface area contributed by atoms with Crippen molar-refractivity contribution in [3.8, 4) is 0 Å². The molecule has 0 unspecified atom stereocenters. The van der Waals surface area contributed by atoms with Crippen LogP contribution in [0.15, 0.2) is 35.5 Å². The Kier molecular flexibility index (Phi) is 4.14. The minimum atomic E-state index is -3.59. The highest BCUT2D eigenvalue weighted by Crippen LogP contribution is 2.21. The first-order valence-electron chi connectivity index (χ1n) is 7.14. The van der Waals surface area contributed by atoms with Gasteiger partial charge < -0.3 is 5.11 Å². The van der Waals surface area contributed by atoms with E-state index in [2.05, 4.69) is 10.1 Å². The molecule has 0 saturated heterocycles. The number of hydrogen-bond acceptors (Lipinski definition) is 5. The van der Waals surface area contributed by atoms with Crippen LogP contribution in [0.5, 0.6) is 0 Å². The van der Waals surface area contributed by atoms with E-state index in [4.69, 9.17) is 5.11 Å². The molecular weight excluding hydrogens is 320 g/mol. The maximum Gasteiger partial charge on any atom is 0.303 e. The van der Waals surface area contributed by atoms with Crippen LogP contribution in [0.25, 0.3) is 0 Å². The number of sulfonamides is 1. The minimum absolute atomic E-state index is 0.00809. The second-order valence-corrected chi connectivity index (χ2v) is 7.21. The van der Waals surface area contributed by atoms with E-state index in [9.17, 15) is 13.2 Å². The molecule has 8 nitrogen and oxygen atoms in total. The number of carbonyl (C=O) groups is 1. The van der Waals surface area contributed by atoms with Crippen molar-refractivity contribution < 1.29 is 18.3 Å². The molecule has 0 spiro atoms. The number of rotatable bonds is 5. The topological polar surface area (TPSA) is 105 Å². The Balaban J connectivity index is 1.79. The third kappa shape index (κ3) is 3.25. The van der Waals surface area contributed by atoms with Crippen LogP contribution in [-0.2, 0) is 34.3 Å². The van der Waals surface area contributed by atoms with Crippen molar-refractivity contribution in [2.75, 3.05) is 6.54 Å². The quantitative estimate of drug-likeness (QED) is 0.852. The van der Waals surface area contributed by atoms with Gasteiger partial charge in [0.15, 0.2) is 0 Å². The van der Waals surface area contributed by atoms with E-state index in [-0.39, 0.29) is 17.9 Å². The number of fused-ring (bicyclic) bond motifs is 1. The van der Waals surface area contributed by atoms with E-state index < -0.39 is 16.0 Å². The van der Waals surface area contributed by atoms with Crippen molar-refractivity contribution in [3.05, 3.63) is 42.0 Å². The van der Waals surface area contributed by atoms with Crippen LogP contribution >= 0.6 is 0 Å². The summed E-state index contributed by atoms with van der Waals surface area (Å²) < 4.78 is 28.3. The summed E-state index contributed by atoms with van der Waals surface area (Å²) in [6.45, 7) is 0.990. The lowest BCUT2D eigenvalue weighted by Crippen LogP contribution is -2.38. The summed E-state index contributed by atoms with van der Waals surface area (Å²) in [7, 11) is -3.59. The molecule has 0 aliphatic carbocycles. The van der Waals surface area contributed by atoms with Crippen LogP contribution in [0.4, 0.5) is 0 Å². The van der Waals surface area contributed by atoms with Crippen molar-refractivity contribution in [3.63, 3.8) is 0 Å². The molecule has 23 heavy (non-hydrogen) atoms. The summed E-state index contributed by atoms with van der Waals surface area (Å²) in [6, 6.07) is 4.88. The van der Waals surface area contributed by atoms with Crippen molar-refractivity contribution >= 4 is 16.0 Å². The molecule has 2 aromatic rings. The van der Waals surface area contributed by atoms with Gasteiger partial charge in [0.05, 0.1) is 30.9 Å².